The number of hydrogen-bond donors (Lipinski definition) is 3. The van der Waals surface area contributed by atoms with E-state index in [2.05, 4.69) is 10.6 Å². The maximum Gasteiger partial charge on any atom is 0.338 e. The van der Waals surface area contributed by atoms with E-state index >= 15 is 0 Å². The van der Waals surface area contributed by atoms with E-state index in [1.165, 1.54) is 33.5 Å². The van der Waals surface area contributed by atoms with E-state index in [0.717, 1.165) is 0 Å². The lowest BCUT2D eigenvalue weighted by Gasteiger charge is -2.28. The first-order valence-electron chi connectivity index (χ1n) is 7.82. The average molecular weight is 366 g/mol. The van der Waals surface area contributed by atoms with Gasteiger partial charge < -0.3 is 34.7 Å². The average Bonchev–Trinajstić information content (AvgIpc) is 2.61. The topological polar surface area (TPSA) is 115 Å². The Bertz CT molecular complexity index is 705. The van der Waals surface area contributed by atoms with Gasteiger partial charge in [-0.25, -0.2) is 9.59 Å². The molecule has 142 valence electrons. The maximum absolute atomic E-state index is 12.5. The van der Waals surface area contributed by atoms with Crippen molar-refractivity contribution in [2.45, 2.75) is 13.0 Å². The molecule has 1 heterocycles. The molecule has 1 aromatic carbocycles. The largest absolute Gasteiger partial charge is 0.502 e. The summed E-state index contributed by atoms with van der Waals surface area (Å²) in [7, 11) is 4.28. The number of amides is 2. The highest BCUT2D eigenvalue weighted by molar-refractivity contribution is 5.95. The SMILES string of the molecule is COCCOC(=O)C1=C(C)NC(=O)N[C@H]1c1cc(OC)c(O)c(OC)c1. The van der Waals surface area contributed by atoms with E-state index in [0.29, 0.717) is 11.3 Å². The molecule has 2 rings (SSSR count). The second kappa shape index (κ2) is 8.43. The highest BCUT2D eigenvalue weighted by Gasteiger charge is 2.33. The minimum absolute atomic E-state index is 0.0784. The lowest BCUT2D eigenvalue weighted by molar-refractivity contribution is -0.140. The Labute approximate surface area is 150 Å². The third kappa shape index (κ3) is 3.99. The van der Waals surface area contributed by atoms with Gasteiger partial charge in [-0.3, -0.25) is 0 Å². The lowest BCUT2D eigenvalue weighted by atomic mass is 9.95. The van der Waals surface area contributed by atoms with Crippen molar-refractivity contribution < 1.29 is 33.6 Å². The van der Waals surface area contributed by atoms with Gasteiger partial charge in [-0.2, -0.15) is 0 Å². The molecule has 0 saturated carbocycles. The Kier molecular flexibility index (Phi) is 6.29. The molecule has 3 N–H and O–H groups in total. The monoisotopic (exact) mass is 366 g/mol. The standard InChI is InChI=1S/C17H22N2O7/c1-9-13(16(21)26-6-5-23-2)14(19-17(22)18-9)10-7-11(24-3)15(20)12(8-10)25-4/h7-8,14,20H,5-6H2,1-4H3,(H2,18,19,22)/t14-/m0/s1. The van der Waals surface area contributed by atoms with Crippen LogP contribution in [0.4, 0.5) is 4.79 Å². The molecule has 0 radical (unpaired) electrons. The van der Waals surface area contributed by atoms with Crippen molar-refractivity contribution in [3.05, 3.63) is 29.0 Å². The van der Waals surface area contributed by atoms with Crippen LogP contribution >= 0.6 is 0 Å². The van der Waals surface area contributed by atoms with Gasteiger partial charge in [0, 0.05) is 12.8 Å². The summed E-state index contributed by atoms with van der Waals surface area (Å²) >= 11 is 0. The first-order chi connectivity index (χ1) is 12.4. The van der Waals surface area contributed by atoms with Crippen molar-refractivity contribution >= 4 is 12.0 Å². The number of methoxy groups -OCH3 is 3. The molecule has 9 heteroatoms. The van der Waals surface area contributed by atoms with Crippen LogP contribution in [-0.2, 0) is 14.3 Å². The number of urea groups is 1. The fourth-order valence-corrected chi connectivity index (χ4v) is 2.59. The molecule has 0 spiro atoms. The van der Waals surface area contributed by atoms with E-state index in [9.17, 15) is 14.7 Å². The molecule has 1 aliphatic heterocycles. The zero-order valence-electron chi connectivity index (χ0n) is 15.0. The van der Waals surface area contributed by atoms with Crippen molar-refractivity contribution in [1.29, 1.82) is 0 Å². The van der Waals surface area contributed by atoms with Crippen LogP contribution in [0.5, 0.6) is 17.2 Å². The summed E-state index contributed by atoms with van der Waals surface area (Å²) in [4.78, 5) is 24.4. The normalized spacial score (nSPS) is 16.6. The number of phenols is 1. The smallest absolute Gasteiger partial charge is 0.338 e. The van der Waals surface area contributed by atoms with Crippen LogP contribution in [0.3, 0.4) is 0 Å². The van der Waals surface area contributed by atoms with Crippen molar-refractivity contribution in [3.8, 4) is 17.2 Å². The van der Waals surface area contributed by atoms with Gasteiger partial charge in [0.15, 0.2) is 11.5 Å². The number of aromatic hydroxyl groups is 1. The van der Waals surface area contributed by atoms with E-state index in [-0.39, 0.29) is 36.0 Å². The summed E-state index contributed by atoms with van der Waals surface area (Å²) in [6.45, 7) is 1.94. The van der Waals surface area contributed by atoms with E-state index < -0.39 is 18.0 Å². The minimum Gasteiger partial charge on any atom is -0.502 e. The lowest BCUT2D eigenvalue weighted by Crippen LogP contribution is -2.45. The Morgan fingerprint density at radius 2 is 1.77 bits per heavy atom. The number of ether oxygens (including phenoxy) is 4. The molecule has 1 atom stereocenters. The van der Waals surface area contributed by atoms with E-state index in [4.69, 9.17) is 18.9 Å². The molecular formula is C17H22N2O7. The number of nitrogens with one attached hydrogen (secondary N) is 2. The van der Waals surface area contributed by atoms with Crippen LogP contribution in [0, 0.1) is 0 Å². The van der Waals surface area contributed by atoms with Crippen LogP contribution in [0.15, 0.2) is 23.4 Å². The van der Waals surface area contributed by atoms with Crippen molar-refractivity contribution in [3.63, 3.8) is 0 Å². The molecule has 1 aromatic rings. The molecule has 26 heavy (non-hydrogen) atoms. The summed E-state index contributed by atoms with van der Waals surface area (Å²) in [5, 5.41) is 15.3. The first-order valence-corrected chi connectivity index (χ1v) is 7.82. The Balaban J connectivity index is 2.45. The van der Waals surface area contributed by atoms with Gasteiger partial charge in [-0.05, 0) is 24.6 Å². The second-order valence-corrected chi connectivity index (χ2v) is 5.47. The fraction of sp³-hybridized carbons (Fsp3) is 0.412. The zero-order valence-corrected chi connectivity index (χ0v) is 15.0. The second-order valence-electron chi connectivity index (χ2n) is 5.47. The van der Waals surface area contributed by atoms with Crippen LogP contribution in [0.25, 0.3) is 0 Å². The quantitative estimate of drug-likeness (QED) is 0.491. The van der Waals surface area contributed by atoms with Crippen molar-refractivity contribution in [2.24, 2.45) is 0 Å². The Morgan fingerprint density at radius 3 is 2.31 bits per heavy atom. The number of phenolic OH excluding ortho intramolecular Hbond substituents is 1. The zero-order chi connectivity index (χ0) is 19.3. The van der Waals surface area contributed by atoms with Crippen LogP contribution in [-0.4, -0.2) is 51.7 Å². The Morgan fingerprint density at radius 1 is 1.15 bits per heavy atom. The molecule has 0 aromatic heterocycles. The summed E-state index contributed by atoms with van der Waals surface area (Å²) in [5.41, 5.74) is 1.09. The van der Waals surface area contributed by atoms with Crippen LogP contribution in [0.2, 0.25) is 0 Å². The fourth-order valence-electron chi connectivity index (χ4n) is 2.59. The number of carbonyl (C=O) groups is 2. The molecule has 0 saturated heterocycles. The third-order valence-electron chi connectivity index (χ3n) is 3.85. The summed E-state index contributed by atoms with van der Waals surface area (Å²) in [5.74, 6) is -0.472. The van der Waals surface area contributed by atoms with Gasteiger partial charge in [-0.15, -0.1) is 0 Å². The number of allylic oxidation sites excluding steroid dienone is 1. The van der Waals surface area contributed by atoms with Gasteiger partial charge in [0.1, 0.15) is 6.61 Å². The van der Waals surface area contributed by atoms with Gasteiger partial charge in [0.2, 0.25) is 5.75 Å². The van der Waals surface area contributed by atoms with E-state index in [1.54, 1.807) is 6.92 Å². The summed E-state index contributed by atoms with van der Waals surface area (Å²) < 4.78 is 20.3. The van der Waals surface area contributed by atoms with Gasteiger partial charge in [-0.1, -0.05) is 0 Å². The molecule has 9 nitrogen and oxygen atoms in total. The van der Waals surface area contributed by atoms with Gasteiger partial charge in [0.05, 0.1) is 32.4 Å². The highest BCUT2D eigenvalue weighted by atomic mass is 16.6. The molecule has 0 aliphatic carbocycles. The van der Waals surface area contributed by atoms with Crippen molar-refractivity contribution in [2.75, 3.05) is 34.5 Å². The minimum atomic E-state index is -0.804. The maximum atomic E-state index is 12.5. The predicted octanol–water partition coefficient (Wildman–Crippen LogP) is 1.23. The Hall–Kier alpha value is -2.94. The molecule has 0 bridgehead atoms. The number of carbonyl (C=O) groups excluding carboxylic acids is 2. The predicted molar refractivity (Wildman–Crippen MR) is 91.2 cm³/mol. The van der Waals surface area contributed by atoms with E-state index in [1.807, 2.05) is 0 Å². The molecular weight excluding hydrogens is 344 g/mol. The molecule has 2 amide bonds. The number of benzene rings is 1. The number of hydrogen-bond acceptors (Lipinski definition) is 7. The van der Waals surface area contributed by atoms with Gasteiger partial charge >= 0.3 is 12.0 Å². The molecule has 0 unspecified atom stereocenters. The summed E-state index contributed by atoms with van der Waals surface area (Å²) in [6.07, 6.45) is 0. The summed E-state index contributed by atoms with van der Waals surface area (Å²) in [6, 6.07) is 1.77. The number of esters is 1. The van der Waals surface area contributed by atoms with Gasteiger partial charge in [0.25, 0.3) is 0 Å². The molecule has 1 aliphatic rings. The number of rotatable bonds is 7. The van der Waals surface area contributed by atoms with Crippen LogP contribution < -0.4 is 20.1 Å². The third-order valence-corrected chi connectivity index (χ3v) is 3.85. The van der Waals surface area contributed by atoms with Crippen molar-refractivity contribution in [1.82, 2.24) is 10.6 Å². The molecule has 0 fully saturated rings. The first kappa shape index (κ1) is 19.4. The highest BCUT2D eigenvalue weighted by Crippen LogP contribution is 2.40. The van der Waals surface area contributed by atoms with Crippen LogP contribution in [0.1, 0.15) is 18.5 Å².